The lowest BCUT2D eigenvalue weighted by atomic mass is 10.0. The van der Waals surface area contributed by atoms with Crippen LogP contribution in [0.3, 0.4) is 0 Å². The van der Waals surface area contributed by atoms with Crippen LogP contribution in [-0.4, -0.2) is 16.3 Å². The Bertz CT molecular complexity index is 331. The number of hydrogen-bond acceptors (Lipinski definition) is 3. The minimum Gasteiger partial charge on any atom is -0.385 e. The summed E-state index contributed by atoms with van der Waals surface area (Å²) in [4.78, 5) is 0. The standard InChI is InChI=1S/C10H10BrNO2/c11-5-7-1-3-8(4-2-7)10(14)9(13)6-12/h1-4,9-10,13-14H,5H2. The van der Waals surface area contributed by atoms with Crippen molar-refractivity contribution >= 4 is 15.9 Å². The van der Waals surface area contributed by atoms with E-state index in [0.29, 0.717) is 5.56 Å². The van der Waals surface area contributed by atoms with Gasteiger partial charge in [-0.25, -0.2) is 0 Å². The maximum absolute atomic E-state index is 9.47. The summed E-state index contributed by atoms with van der Waals surface area (Å²) < 4.78 is 0. The van der Waals surface area contributed by atoms with Crippen LogP contribution in [0.1, 0.15) is 17.2 Å². The first kappa shape index (κ1) is 11.2. The highest BCUT2D eigenvalue weighted by Crippen LogP contribution is 2.17. The van der Waals surface area contributed by atoms with E-state index in [-0.39, 0.29) is 0 Å². The van der Waals surface area contributed by atoms with Crippen molar-refractivity contribution in [2.24, 2.45) is 0 Å². The van der Waals surface area contributed by atoms with Crippen molar-refractivity contribution in [3.8, 4) is 6.07 Å². The highest BCUT2D eigenvalue weighted by atomic mass is 79.9. The molecule has 1 rings (SSSR count). The monoisotopic (exact) mass is 255 g/mol. The molecule has 0 fully saturated rings. The van der Waals surface area contributed by atoms with E-state index < -0.39 is 12.2 Å². The van der Waals surface area contributed by atoms with Gasteiger partial charge in [0.05, 0.1) is 6.07 Å². The Labute approximate surface area is 90.7 Å². The van der Waals surface area contributed by atoms with E-state index in [1.165, 1.54) is 0 Å². The number of nitrogens with zero attached hydrogens (tertiary/aromatic N) is 1. The predicted octanol–water partition coefficient (Wildman–Crippen LogP) is 1.50. The van der Waals surface area contributed by atoms with Crippen molar-refractivity contribution in [3.05, 3.63) is 35.4 Å². The zero-order valence-electron chi connectivity index (χ0n) is 7.39. The normalized spacial score (nSPS) is 14.4. The van der Waals surface area contributed by atoms with Crippen LogP contribution in [0.25, 0.3) is 0 Å². The lowest BCUT2D eigenvalue weighted by Gasteiger charge is -2.11. The van der Waals surface area contributed by atoms with Gasteiger partial charge in [0.1, 0.15) is 6.10 Å². The summed E-state index contributed by atoms with van der Waals surface area (Å²) >= 11 is 3.30. The largest absolute Gasteiger partial charge is 0.385 e. The highest BCUT2D eigenvalue weighted by Gasteiger charge is 2.16. The zero-order valence-corrected chi connectivity index (χ0v) is 8.98. The van der Waals surface area contributed by atoms with Crippen LogP contribution in [-0.2, 0) is 5.33 Å². The van der Waals surface area contributed by atoms with Gasteiger partial charge in [0, 0.05) is 5.33 Å². The fraction of sp³-hybridized carbons (Fsp3) is 0.300. The third kappa shape index (κ3) is 2.55. The minimum atomic E-state index is -1.37. The quantitative estimate of drug-likeness (QED) is 0.636. The van der Waals surface area contributed by atoms with E-state index >= 15 is 0 Å². The highest BCUT2D eigenvalue weighted by molar-refractivity contribution is 9.08. The number of halogens is 1. The van der Waals surface area contributed by atoms with Gasteiger partial charge in [0.2, 0.25) is 0 Å². The number of aliphatic hydroxyl groups is 2. The molecule has 74 valence electrons. The van der Waals surface area contributed by atoms with Gasteiger partial charge in [0.25, 0.3) is 0 Å². The Hall–Kier alpha value is -0.890. The number of alkyl halides is 1. The van der Waals surface area contributed by atoms with Crippen molar-refractivity contribution in [1.82, 2.24) is 0 Å². The molecule has 0 saturated heterocycles. The van der Waals surface area contributed by atoms with Gasteiger partial charge in [-0.3, -0.25) is 0 Å². The van der Waals surface area contributed by atoms with Crippen LogP contribution in [0.5, 0.6) is 0 Å². The van der Waals surface area contributed by atoms with E-state index in [1.807, 2.05) is 12.1 Å². The summed E-state index contributed by atoms with van der Waals surface area (Å²) in [5.74, 6) is 0. The number of hydrogen-bond donors (Lipinski definition) is 2. The molecule has 0 aliphatic carbocycles. The molecule has 0 saturated carbocycles. The first-order chi connectivity index (χ1) is 6.69. The van der Waals surface area contributed by atoms with Gasteiger partial charge in [-0.1, -0.05) is 40.2 Å². The second kappa shape index (κ2) is 5.11. The van der Waals surface area contributed by atoms with Crippen molar-refractivity contribution < 1.29 is 10.2 Å². The van der Waals surface area contributed by atoms with E-state index in [1.54, 1.807) is 18.2 Å². The molecular weight excluding hydrogens is 246 g/mol. The Morgan fingerprint density at radius 1 is 1.29 bits per heavy atom. The lowest BCUT2D eigenvalue weighted by molar-refractivity contribution is 0.0528. The number of rotatable bonds is 3. The van der Waals surface area contributed by atoms with Crippen LogP contribution >= 0.6 is 15.9 Å². The summed E-state index contributed by atoms with van der Waals surface area (Å²) in [5.41, 5.74) is 1.62. The molecule has 0 bridgehead atoms. The first-order valence-electron chi connectivity index (χ1n) is 4.09. The number of aliphatic hydroxyl groups excluding tert-OH is 2. The van der Waals surface area contributed by atoms with Gasteiger partial charge in [-0.05, 0) is 11.1 Å². The van der Waals surface area contributed by atoms with Gasteiger partial charge in [-0.2, -0.15) is 5.26 Å². The molecule has 4 heteroatoms. The van der Waals surface area contributed by atoms with Crippen molar-refractivity contribution in [1.29, 1.82) is 5.26 Å². The molecule has 0 spiro atoms. The summed E-state index contributed by atoms with van der Waals surface area (Å²) in [7, 11) is 0. The second-order valence-corrected chi connectivity index (χ2v) is 3.45. The van der Waals surface area contributed by atoms with Gasteiger partial charge >= 0.3 is 0 Å². The molecule has 2 unspecified atom stereocenters. The Balaban J connectivity index is 2.82. The molecule has 2 N–H and O–H groups in total. The summed E-state index contributed by atoms with van der Waals surface area (Å²) in [5, 5.41) is 27.7. The molecule has 2 atom stereocenters. The molecule has 0 aliphatic rings. The molecule has 0 heterocycles. The van der Waals surface area contributed by atoms with Crippen LogP contribution < -0.4 is 0 Å². The molecule has 14 heavy (non-hydrogen) atoms. The second-order valence-electron chi connectivity index (χ2n) is 2.89. The fourth-order valence-corrected chi connectivity index (χ4v) is 1.43. The lowest BCUT2D eigenvalue weighted by Crippen LogP contribution is -2.15. The Morgan fingerprint density at radius 2 is 1.86 bits per heavy atom. The summed E-state index contributed by atoms with van der Waals surface area (Å²) in [6.45, 7) is 0. The van der Waals surface area contributed by atoms with Gasteiger partial charge < -0.3 is 10.2 Å². The van der Waals surface area contributed by atoms with Crippen molar-refractivity contribution in [2.45, 2.75) is 17.5 Å². The summed E-state index contributed by atoms with van der Waals surface area (Å²) in [6.07, 6.45) is -2.51. The average Bonchev–Trinajstić information content (AvgIpc) is 2.27. The van der Waals surface area contributed by atoms with E-state index in [9.17, 15) is 5.11 Å². The van der Waals surface area contributed by atoms with Crippen LogP contribution in [0, 0.1) is 11.3 Å². The van der Waals surface area contributed by atoms with E-state index in [0.717, 1.165) is 10.9 Å². The fourth-order valence-electron chi connectivity index (χ4n) is 1.06. The van der Waals surface area contributed by atoms with Crippen LogP contribution in [0.4, 0.5) is 0 Å². The topological polar surface area (TPSA) is 64.2 Å². The smallest absolute Gasteiger partial charge is 0.170 e. The maximum atomic E-state index is 9.47. The Morgan fingerprint density at radius 3 is 2.29 bits per heavy atom. The molecule has 1 aromatic rings. The molecular formula is C10H10BrNO2. The van der Waals surface area contributed by atoms with Gasteiger partial charge in [0.15, 0.2) is 6.10 Å². The molecule has 0 aliphatic heterocycles. The SMILES string of the molecule is N#CC(O)C(O)c1ccc(CBr)cc1. The minimum absolute atomic E-state index is 0.545. The molecule has 3 nitrogen and oxygen atoms in total. The average molecular weight is 256 g/mol. The van der Waals surface area contributed by atoms with E-state index in [2.05, 4.69) is 15.9 Å². The van der Waals surface area contributed by atoms with Crippen molar-refractivity contribution in [3.63, 3.8) is 0 Å². The predicted molar refractivity (Wildman–Crippen MR) is 55.7 cm³/mol. The zero-order chi connectivity index (χ0) is 10.6. The molecule has 1 aromatic carbocycles. The Kier molecular flexibility index (Phi) is 4.08. The van der Waals surface area contributed by atoms with Crippen molar-refractivity contribution in [2.75, 3.05) is 0 Å². The third-order valence-corrected chi connectivity index (χ3v) is 2.55. The molecule has 0 radical (unpaired) electrons. The van der Waals surface area contributed by atoms with Crippen LogP contribution in [0.15, 0.2) is 24.3 Å². The number of benzene rings is 1. The first-order valence-corrected chi connectivity index (χ1v) is 5.21. The number of nitriles is 1. The molecule has 0 aromatic heterocycles. The maximum Gasteiger partial charge on any atom is 0.170 e. The summed E-state index contributed by atoms with van der Waals surface area (Å²) in [6, 6.07) is 8.64. The van der Waals surface area contributed by atoms with Gasteiger partial charge in [-0.15, -0.1) is 0 Å². The molecule has 0 amide bonds. The van der Waals surface area contributed by atoms with Crippen LogP contribution in [0.2, 0.25) is 0 Å². The third-order valence-electron chi connectivity index (χ3n) is 1.91. The van der Waals surface area contributed by atoms with E-state index in [4.69, 9.17) is 10.4 Å².